The molecule has 214 valence electrons. The summed E-state index contributed by atoms with van der Waals surface area (Å²) < 4.78 is 58.7. The molecule has 3 fully saturated rings. The number of nitrogens with one attached hydrogen (secondary N) is 3. The SMILES string of the molecule is O=C(CN=C1NNC2C=CC(C(F)(F)F)=CC12)N/C=C1/CN([C@H]2CCOC2)C[C@@H]1SC1CCc2cc(F)ncc21. The molecule has 3 unspecified atom stereocenters. The molecule has 5 atom stereocenters. The molecule has 5 aliphatic rings. The number of hydrogen-bond donors (Lipinski definition) is 3. The van der Waals surface area contributed by atoms with E-state index >= 15 is 0 Å². The van der Waals surface area contributed by atoms with Gasteiger partial charge in [0, 0.05) is 48.6 Å². The number of aromatic nitrogens is 1. The minimum absolute atomic E-state index is 0.134. The summed E-state index contributed by atoms with van der Waals surface area (Å²) in [6, 6.07) is 1.49. The molecular formula is C27H30F4N6O2S. The van der Waals surface area contributed by atoms with Gasteiger partial charge in [0.1, 0.15) is 12.4 Å². The maximum absolute atomic E-state index is 13.6. The van der Waals surface area contributed by atoms with Crippen molar-refractivity contribution in [1.82, 2.24) is 26.1 Å². The highest BCUT2D eigenvalue weighted by molar-refractivity contribution is 8.00. The van der Waals surface area contributed by atoms with E-state index in [9.17, 15) is 22.4 Å². The molecule has 4 heterocycles. The first kappa shape index (κ1) is 27.4. The summed E-state index contributed by atoms with van der Waals surface area (Å²) in [6.07, 6.45) is 5.27. The number of amidine groups is 1. The number of aliphatic imine (C=N–C) groups is 1. The van der Waals surface area contributed by atoms with E-state index in [1.165, 1.54) is 12.1 Å². The first-order valence-corrected chi connectivity index (χ1v) is 14.3. The summed E-state index contributed by atoms with van der Waals surface area (Å²) in [5, 5.41) is 3.18. The molecule has 0 saturated carbocycles. The zero-order valence-electron chi connectivity index (χ0n) is 21.6. The Bertz CT molecular complexity index is 1280. The van der Waals surface area contributed by atoms with Crippen LogP contribution in [0.4, 0.5) is 17.6 Å². The standard InChI is InChI=1S/C27H30F4N6O2S/c28-24-7-15-1-4-22(20(15)10-32-24)40-23-13-37(18-5-6-39-14-18)12-16(23)9-33-25(38)11-34-26-19-8-17(27(29,30)31)2-3-21(19)35-36-26/h2-3,7-10,18-19,21-23,35H,1,4-6,11-14H2,(H,33,38)(H,34,36)/b16-9-/t18-,19?,21?,22?,23-/m0/s1. The van der Waals surface area contributed by atoms with Crippen molar-refractivity contribution in [3.05, 3.63) is 64.9 Å². The first-order valence-electron chi connectivity index (χ1n) is 13.4. The van der Waals surface area contributed by atoms with Crippen LogP contribution in [0, 0.1) is 11.9 Å². The van der Waals surface area contributed by atoms with Crippen molar-refractivity contribution in [2.24, 2.45) is 10.9 Å². The van der Waals surface area contributed by atoms with E-state index < -0.39 is 23.6 Å². The van der Waals surface area contributed by atoms with Gasteiger partial charge in [0.25, 0.3) is 0 Å². The quantitative estimate of drug-likeness (QED) is 0.353. The van der Waals surface area contributed by atoms with Crippen molar-refractivity contribution in [2.75, 3.05) is 32.8 Å². The van der Waals surface area contributed by atoms with Gasteiger partial charge in [-0.25, -0.2) is 10.4 Å². The summed E-state index contributed by atoms with van der Waals surface area (Å²) in [5.41, 5.74) is 8.14. The Morgan fingerprint density at radius 3 is 3.00 bits per heavy atom. The number of halogens is 4. The van der Waals surface area contributed by atoms with Gasteiger partial charge in [-0.3, -0.25) is 14.7 Å². The van der Waals surface area contributed by atoms with Crippen molar-refractivity contribution < 1.29 is 27.1 Å². The highest BCUT2D eigenvalue weighted by Crippen LogP contribution is 2.46. The monoisotopic (exact) mass is 578 g/mol. The highest BCUT2D eigenvalue weighted by Gasteiger charge is 2.40. The Balaban J connectivity index is 1.12. The van der Waals surface area contributed by atoms with Gasteiger partial charge in [0.2, 0.25) is 11.9 Å². The number of carbonyl (C=O) groups is 1. The third-order valence-corrected chi connectivity index (χ3v) is 9.61. The molecule has 3 aliphatic heterocycles. The number of thioether (sulfide) groups is 1. The van der Waals surface area contributed by atoms with E-state index in [1.807, 2.05) is 11.8 Å². The van der Waals surface area contributed by atoms with Crippen LogP contribution in [0.2, 0.25) is 0 Å². The second kappa shape index (κ2) is 11.3. The second-order valence-electron chi connectivity index (χ2n) is 10.6. The Labute approximate surface area is 233 Å². The molecule has 1 aromatic heterocycles. The minimum Gasteiger partial charge on any atom is -0.380 e. The van der Waals surface area contributed by atoms with E-state index in [1.54, 1.807) is 12.4 Å². The molecule has 1 amide bonds. The number of pyridine rings is 1. The fourth-order valence-corrected chi connectivity index (χ4v) is 7.48. The average Bonchev–Trinajstić information content (AvgIpc) is 3.72. The van der Waals surface area contributed by atoms with Gasteiger partial charge in [-0.2, -0.15) is 17.6 Å². The number of carbonyl (C=O) groups excluding carboxylic acids is 1. The minimum atomic E-state index is -4.44. The number of nitrogens with zero attached hydrogens (tertiary/aromatic N) is 3. The van der Waals surface area contributed by atoms with Crippen molar-refractivity contribution >= 4 is 23.5 Å². The van der Waals surface area contributed by atoms with Crippen LogP contribution in [0.25, 0.3) is 0 Å². The number of hydrazine groups is 1. The molecule has 0 bridgehead atoms. The maximum atomic E-state index is 13.6. The summed E-state index contributed by atoms with van der Waals surface area (Å²) in [4.78, 5) is 23.2. The Hall–Kier alpha value is -2.74. The molecule has 0 radical (unpaired) electrons. The Morgan fingerprint density at radius 2 is 2.20 bits per heavy atom. The molecule has 40 heavy (non-hydrogen) atoms. The third kappa shape index (κ3) is 5.83. The van der Waals surface area contributed by atoms with E-state index in [0.717, 1.165) is 61.3 Å². The Kier molecular flexibility index (Phi) is 7.73. The van der Waals surface area contributed by atoms with E-state index in [0.29, 0.717) is 25.0 Å². The van der Waals surface area contributed by atoms with E-state index in [2.05, 4.69) is 31.0 Å². The predicted molar refractivity (Wildman–Crippen MR) is 143 cm³/mol. The van der Waals surface area contributed by atoms with Crippen LogP contribution < -0.4 is 16.2 Å². The van der Waals surface area contributed by atoms with Crippen LogP contribution in [0.3, 0.4) is 0 Å². The van der Waals surface area contributed by atoms with Gasteiger partial charge in [-0.15, -0.1) is 11.8 Å². The fraction of sp³-hybridized carbons (Fsp3) is 0.519. The lowest BCUT2D eigenvalue weighted by Crippen LogP contribution is -2.34. The number of hydrogen-bond acceptors (Lipinski definition) is 7. The van der Waals surface area contributed by atoms with Crippen molar-refractivity contribution in [1.29, 1.82) is 0 Å². The van der Waals surface area contributed by atoms with Crippen molar-refractivity contribution in [3.63, 3.8) is 0 Å². The number of amides is 1. The molecule has 3 N–H and O–H groups in total. The predicted octanol–water partition coefficient (Wildman–Crippen LogP) is 2.96. The van der Waals surface area contributed by atoms with Crippen LogP contribution in [0.1, 0.15) is 29.2 Å². The van der Waals surface area contributed by atoms with Gasteiger partial charge < -0.3 is 15.5 Å². The molecule has 1 aromatic rings. The van der Waals surface area contributed by atoms with Gasteiger partial charge in [0.15, 0.2) is 0 Å². The van der Waals surface area contributed by atoms with Gasteiger partial charge >= 0.3 is 6.18 Å². The summed E-state index contributed by atoms with van der Waals surface area (Å²) in [7, 11) is 0. The number of rotatable bonds is 6. The van der Waals surface area contributed by atoms with Gasteiger partial charge in [-0.1, -0.05) is 18.2 Å². The number of aryl methyl sites for hydroxylation is 1. The molecule has 3 saturated heterocycles. The Morgan fingerprint density at radius 1 is 1.32 bits per heavy atom. The van der Waals surface area contributed by atoms with Crippen LogP contribution in [0.5, 0.6) is 0 Å². The summed E-state index contributed by atoms with van der Waals surface area (Å²) in [6.45, 7) is 2.73. The van der Waals surface area contributed by atoms with Crippen molar-refractivity contribution in [3.8, 4) is 0 Å². The largest absolute Gasteiger partial charge is 0.416 e. The van der Waals surface area contributed by atoms with Crippen LogP contribution in [0.15, 0.2) is 52.8 Å². The molecular weight excluding hydrogens is 548 g/mol. The first-order chi connectivity index (χ1) is 19.2. The zero-order valence-corrected chi connectivity index (χ0v) is 22.4. The summed E-state index contributed by atoms with van der Waals surface area (Å²) in [5.74, 6) is -1.14. The lowest BCUT2D eigenvalue weighted by Gasteiger charge is -2.22. The van der Waals surface area contributed by atoms with Gasteiger partial charge in [0.05, 0.1) is 24.1 Å². The number of allylic oxidation sites excluding steroid dienone is 2. The normalized spacial score (nSPS) is 31.9. The molecule has 6 rings (SSSR count). The van der Waals surface area contributed by atoms with E-state index in [-0.39, 0.29) is 29.0 Å². The molecule has 13 heteroatoms. The number of fused-ring (bicyclic) bond motifs is 2. The maximum Gasteiger partial charge on any atom is 0.416 e. The topological polar surface area (TPSA) is 90.9 Å². The number of likely N-dealkylation sites (tertiary alicyclic amines) is 1. The molecule has 0 aromatic carbocycles. The van der Waals surface area contributed by atoms with E-state index in [4.69, 9.17) is 4.74 Å². The number of ether oxygens (including phenoxy) is 1. The average molecular weight is 579 g/mol. The zero-order chi connectivity index (χ0) is 27.9. The molecule has 0 spiro atoms. The lowest BCUT2D eigenvalue weighted by atomic mass is 9.92. The highest BCUT2D eigenvalue weighted by atomic mass is 32.2. The smallest absolute Gasteiger partial charge is 0.380 e. The molecule has 2 aliphatic carbocycles. The summed E-state index contributed by atoms with van der Waals surface area (Å²) >= 11 is 1.82. The number of alkyl halides is 3. The lowest BCUT2D eigenvalue weighted by molar-refractivity contribution is -0.118. The van der Waals surface area contributed by atoms with Crippen LogP contribution in [-0.2, 0) is 16.0 Å². The molecule has 8 nitrogen and oxygen atoms in total. The van der Waals surface area contributed by atoms with Crippen LogP contribution >= 0.6 is 11.8 Å². The van der Waals surface area contributed by atoms with Gasteiger partial charge in [-0.05, 0) is 42.0 Å². The van der Waals surface area contributed by atoms with Crippen molar-refractivity contribution in [2.45, 2.75) is 48.0 Å². The third-order valence-electron chi connectivity index (χ3n) is 8.01. The second-order valence-corrected chi connectivity index (χ2v) is 12.0. The van der Waals surface area contributed by atoms with Crippen LogP contribution in [-0.4, -0.2) is 78.0 Å². The fourth-order valence-electron chi connectivity index (χ4n) is 5.87.